The third-order valence-corrected chi connectivity index (χ3v) is 2.57. The summed E-state index contributed by atoms with van der Waals surface area (Å²) in [5.41, 5.74) is 1.65. The molecule has 0 saturated carbocycles. The van der Waals surface area contributed by atoms with Crippen molar-refractivity contribution in [1.82, 2.24) is 0 Å². The molecule has 0 aromatic heterocycles. The maximum absolute atomic E-state index is 10.9. The third kappa shape index (κ3) is 3.71. The van der Waals surface area contributed by atoms with Crippen LogP contribution in [0.2, 0.25) is 0 Å². The fourth-order valence-corrected chi connectivity index (χ4v) is 1.61. The van der Waals surface area contributed by atoms with Crippen LogP contribution in [0.15, 0.2) is 18.2 Å². The van der Waals surface area contributed by atoms with Crippen molar-refractivity contribution in [3.8, 4) is 0 Å². The zero-order chi connectivity index (χ0) is 12.8. The first-order chi connectivity index (χ1) is 8.08. The fraction of sp³-hybridized carbons (Fsp3) is 0.500. The SMILES string of the molecule is CCC(COC)Nc1cc(C)ccc1[N+](=O)[O-]. The fourth-order valence-electron chi connectivity index (χ4n) is 1.61. The average Bonchev–Trinajstić information content (AvgIpc) is 2.28. The Labute approximate surface area is 101 Å². The minimum atomic E-state index is -0.374. The van der Waals surface area contributed by atoms with Gasteiger partial charge in [-0.1, -0.05) is 13.0 Å². The van der Waals surface area contributed by atoms with E-state index in [-0.39, 0.29) is 16.7 Å². The number of hydrogen-bond donors (Lipinski definition) is 1. The smallest absolute Gasteiger partial charge is 0.292 e. The first-order valence-electron chi connectivity index (χ1n) is 5.59. The van der Waals surface area contributed by atoms with Crippen molar-refractivity contribution < 1.29 is 9.66 Å². The Morgan fingerprint density at radius 1 is 1.53 bits per heavy atom. The van der Waals surface area contributed by atoms with Crippen LogP contribution in [-0.4, -0.2) is 24.7 Å². The molecule has 0 aliphatic rings. The predicted molar refractivity (Wildman–Crippen MR) is 67.4 cm³/mol. The monoisotopic (exact) mass is 238 g/mol. The van der Waals surface area contributed by atoms with Crippen molar-refractivity contribution in [2.45, 2.75) is 26.3 Å². The van der Waals surface area contributed by atoms with Crippen LogP contribution in [0.4, 0.5) is 11.4 Å². The van der Waals surface area contributed by atoms with Gasteiger partial charge in [0.05, 0.1) is 11.5 Å². The number of rotatable bonds is 6. The van der Waals surface area contributed by atoms with Crippen LogP contribution in [0.25, 0.3) is 0 Å². The summed E-state index contributed by atoms with van der Waals surface area (Å²) in [7, 11) is 1.62. The molecule has 1 rings (SSSR count). The predicted octanol–water partition coefficient (Wildman–Crippen LogP) is 2.74. The molecule has 0 spiro atoms. The van der Waals surface area contributed by atoms with E-state index < -0.39 is 0 Å². The summed E-state index contributed by atoms with van der Waals surface area (Å²) >= 11 is 0. The lowest BCUT2D eigenvalue weighted by Gasteiger charge is -2.17. The van der Waals surface area contributed by atoms with Gasteiger partial charge in [0.25, 0.3) is 5.69 Å². The molecule has 1 atom stereocenters. The number of nitrogens with one attached hydrogen (secondary N) is 1. The lowest BCUT2D eigenvalue weighted by molar-refractivity contribution is -0.384. The second-order valence-electron chi connectivity index (χ2n) is 3.98. The van der Waals surface area contributed by atoms with Crippen LogP contribution < -0.4 is 5.32 Å². The molecule has 0 aliphatic heterocycles. The topological polar surface area (TPSA) is 64.4 Å². The molecule has 1 unspecified atom stereocenters. The summed E-state index contributed by atoms with van der Waals surface area (Å²) < 4.78 is 5.07. The maximum Gasteiger partial charge on any atom is 0.292 e. The van der Waals surface area contributed by atoms with E-state index in [4.69, 9.17) is 4.74 Å². The molecule has 0 bridgehead atoms. The number of nitro groups is 1. The number of nitrogens with zero attached hydrogens (tertiary/aromatic N) is 1. The molecule has 0 amide bonds. The van der Waals surface area contributed by atoms with Crippen LogP contribution >= 0.6 is 0 Å². The molecule has 1 aromatic carbocycles. The Morgan fingerprint density at radius 2 is 2.24 bits per heavy atom. The van der Waals surface area contributed by atoms with Gasteiger partial charge in [0.15, 0.2) is 0 Å². The summed E-state index contributed by atoms with van der Waals surface area (Å²) in [6.45, 7) is 4.45. The molecule has 1 N–H and O–H groups in total. The maximum atomic E-state index is 10.9. The van der Waals surface area contributed by atoms with Gasteiger partial charge >= 0.3 is 0 Å². The molecule has 0 saturated heterocycles. The Morgan fingerprint density at radius 3 is 2.76 bits per heavy atom. The largest absolute Gasteiger partial charge is 0.383 e. The van der Waals surface area contributed by atoms with Crippen molar-refractivity contribution in [3.05, 3.63) is 33.9 Å². The second-order valence-corrected chi connectivity index (χ2v) is 3.98. The molecule has 1 aromatic rings. The summed E-state index contributed by atoms with van der Waals surface area (Å²) in [6.07, 6.45) is 0.846. The first kappa shape index (κ1) is 13.4. The normalized spacial score (nSPS) is 12.2. The van der Waals surface area contributed by atoms with Crippen molar-refractivity contribution in [2.75, 3.05) is 19.0 Å². The number of benzene rings is 1. The van der Waals surface area contributed by atoms with Crippen molar-refractivity contribution in [3.63, 3.8) is 0 Å². The highest BCUT2D eigenvalue weighted by Gasteiger charge is 2.16. The molecular weight excluding hydrogens is 220 g/mol. The minimum absolute atomic E-state index is 0.0838. The van der Waals surface area contributed by atoms with Crippen LogP contribution in [0, 0.1) is 17.0 Å². The van der Waals surface area contributed by atoms with Gasteiger partial charge in [0, 0.05) is 19.2 Å². The highest BCUT2D eigenvalue weighted by Crippen LogP contribution is 2.26. The van der Waals surface area contributed by atoms with Gasteiger partial charge in [0.1, 0.15) is 5.69 Å². The van der Waals surface area contributed by atoms with Gasteiger partial charge in [-0.25, -0.2) is 0 Å². The van der Waals surface area contributed by atoms with E-state index in [9.17, 15) is 10.1 Å². The number of aryl methyl sites for hydroxylation is 1. The summed E-state index contributed by atoms with van der Waals surface area (Å²) in [5.74, 6) is 0. The number of ether oxygens (including phenoxy) is 1. The van der Waals surface area contributed by atoms with Gasteiger partial charge in [-0.2, -0.15) is 0 Å². The summed E-state index contributed by atoms with van der Waals surface area (Å²) in [4.78, 5) is 10.5. The van der Waals surface area contributed by atoms with Crippen LogP contribution in [0.3, 0.4) is 0 Å². The van der Waals surface area contributed by atoms with Gasteiger partial charge in [0.2, 0.25) is 0 Å². The van der Waals surface area contributed by atoms with Crippen LogP contribution in [-0.2, 0) is 4.74 Å². The van der Waals surface area contributed by atoms with Gasteiger partial charge in [-0.05, 0) is 25.0 Å². The Balaban J connectivity index is 2.94. The summed E-state index contributed by atoms with van der Waals surface area (Å²) in [6, 6.07) is 5.13. The molecule has 0 aliphatic carbocycles. The Bertz CT molecular complexity index is 393. The number of nitro benzene ring substituents is 1. The molecular formula is C12H18N2O3. The lowest BCUT2D eigenvalue weighted by atomic mass is 10.1. The van der Waals surface area contributed by atoms with E-state index >= 15 is 0 Å². The van der Waals surface area contributed by atoms with E-state index in [1.807, 2.05) is 13.8 Å². The van der Waals surface area contributed by atoms with Crippen molar-refractivity contribution >= 4 is 11.4 Å². The van der Waals surface area contributed by atoms with E-state index in [1.165, 1.54) is 6.07 Å². The molecule has 0 heterocycles. The van der Waals surface area contributed by atoms with Crippen molar-refractivity contribution in [2.24, 2.45) is 0 Å². The average molecular weight is 238 g/mol. The highest BCUT2D eigenvalue weighted by atomic mass is 16.6. The molecule has 5 heteroatoms. The van der Waals surface area contributed by atoms with E-state index in [0.717, 1.165) is 12.0 Å². The molecule has 0 radical (unpaired) electrons. The standard InChI is InChI=1S/C12H18N2O3/c1-4-10(8-17-3)13-11-7-9(2)5-6-12(11)14(15)16/h5-7,10,13H,4,8H2,1-3H3. The zero-order valence-corrected chi connectivity index (χ0v) is 10.4. The van der Waals surface area contributed by atoms with Crippen molar-refractivity contribution in [1.29, 1.82) is 0 Å². The second kappa shape index (κ2) is 6.20. The quantitative estimate of drug-likeness (QED) is 0.611. The summed E-state index contributed by atoms with van der Waals surface area (Å²) in [5, 5.41) is 14.0. The molecule has 94 valence electrons. The zero-order valence-electron chi connectivity index (χ0n) is 10.4. The molecule has 5 nitrogen and oxygen atoms in total. The van der Waals surface area contributed by atoms with Gasteiger partial charge in [-0.15, -0.1) is 0 Å². The van der Waals surface area contributed by atoms with Crippen LogP contribution in [0.1, 0.15) is 18.9 Å². The first-order valence-corrected chi connectivity index (χ1v) is 5.59. The number of methoxy groups -OCH3 is 1. The van der Waals surface area contributed by atoms with Crippen LogP contribution in [0.5, 0.6) is 0 Å². The third-order valence-electron chi connectivity index (χ3n) is 2.57. The highest BCUT2D eigenvalue weighted by molar-refractivity contribution is 5.63. The van der Waals surface area contributed by atoms with Gasteiger partial charge < -0.3 is 10.1 Å². The van der Waals surface area contributed by atoms with E-state index in [1.54, 1.807) is 19.2 Å². The Kier molecular flexibility index (Phi) is 4.90. The number of anilines is 1. The Hall–Kier alpha value is -1.62. The van der Waals surface area contributed by atoms with Gasteiger partial charge in [-0.3, -0.25) is 10.1 Å². The molecule has 0 fully saturated rings. The van der Waals surface area contributed by atoms with E-state index in [2.05, 4.69) is 5.32 Å². The minimum Gasteiger partial charge on any atom is -0.383 e. The lowest BCUT2D eigenvalue weighted by Crippen LogP contribution is -2.24. The van der Waals surface area contributed by atoms with E-state index in [0.29, 0.717) is 12.3 Å². The number of hydrogen-bond acceptors (Lipinski definition) is 4. The molecule has 17 heavy (non-hydrogen) atoms.